The second kappa shape index (κ2) is 7.01. The lowest BCUT2D eigenvalue weighted by molar-refractivity contribution is -0.122. The van der Waals surface area contributed by atoms with Crippen molar-refractivity contribution >= 4 is 22.5 Å². The lowest BCUT2D eigenvalue weighted by Crippen LogP contribution is -2.27. The van der Waals surface area contributed by atoms with Crippen LogP contribution in [0.5, 0.6) is 0 Å². The van der Waals surface area contributed by atoms with Gasteiger partial charge < -0.3 is 14.8 Å². The Kier molecular flexibility index (Phi) is 4.20. The molecule has 0 radical (unpaired) electrons. The molecule has 7 nitrogen and oxygen atoms in total. The number of aromatic amines is 1. The SMILES string of the molecule is O=C(Nc1cccc(-c2noc(-c3cc4ccccc4[nH]c3=O)n2)c1)C1CCC1. The van der Waals surface area contributed by atoms with Gasteiger partial charge in [-0.05, 0) is 42.5 Å². The van der Waals surface area contributed by atoms with Gasteiger partial charge in [0.15, 0.2) is 0 Å². The summed E-state index contributed by atoms with van der Waals surface area (Å²) in [4.78, 5) is 31.8. The van der Waals surface area contributed by atoms with Gasteiger partial charge in [-0.15, -0.1) is 0 Å². The third kappa shape index (κ3) is 3.31. The van der Waals surface area contributed by atoms with E-state index in [1.165, 1.54) is 0 Å². The Labute approximate surface area is 165 Å². The van der Waals surface area contributed by atoms with Gasteiger partial charge in [-0.25, -0.2) is 0 Å². The Morgan fingerprint density at radius 1 is 1.10 bits per heavy atom. The molecule has 1 aliphatic rings. The highest BCUT2D eigenvalue weighted by atomic mass is 16.5. The summed E-state index contributed by atoms with van der Waals surface area (Å²) in [6.45, 7) is 0. The molecule has 7 heteroatoms. The number of pyridine rings is 1. The third-order valence-corrected chi connectivity index (χ3v) is 5.27. The molecule has 0 aliphatic heterocycles. The molecule has 1 saturated carbocycles. The fraction of sp³-hybridized carbons (Fsp3) is 0.182. The third-order valence-electron chi connectivity index (χ3n) is 5.27. The smallest absolute Gasteiger partial charge is 0.263 e. The Bertz CT molecular complexity index is 1270. The average molecular weight is 386 g/mol. The van der Waals surface area contributed by atoms with Crippen LogP contribution < -0.4 is 10.9 Å². The number of fused-ring (bicyclic) bond motifs is 1. The number of aromatic nitrogens is 3. The van der Waals surface area contributed by atoms with Gasteiger partial charge in [0.25, 0.3) is 11.4 Å². The molecule has 2 aromatic carbocycles. The van der Waals surface area contributed by atoms with Crippen molar-refractivity contribution in [3.05, 3.63) is 65.0 Å². The van der Waals surface area contributed by atoms with Crippen molar-refractivity contribution in [3.8, 4) is 22.8 Å². The van der Waals surface area contributed by atoms with Crippen molar-refractivity contribution < 1.29 is 9.32 Å². The Morgan fingerprint density at radius 2 is 1.97 bits per heavy atom. The van der Waals surface area contributed by atoms with E-state index in [1.54, 1.807) is 12.1 Å². The van der Waals surface area contributed by atoms with E-state index in [-0.39, 0.29) is 23.3 Å². The van der Waals surface area contributed by atoms with Crippen molar-refractivity contribution in [2.75, 3.05) is 5.32 Å². The standard InChI is InChI=1S/C22H18N4O3/c27-20(13-6-3-7-13)23-16-9-4-8-15(11-16)19-25-22(29-26-19)17-12-14-5-1-2-10-18(14)24-21(17)28/h1-2,4-5,8-13H,3,6-7H2,(H,23,27)(H,24,28). The van der Waals surface area contributed by atoms with Crippen LogP contribution in [0.3, 0.4) is 0 Å². The summed E-state index contributed by atoms with van der Waals surface area (Å²) < 4.78 is 5.35. The maximum absolute atomic E-state index is 12.4. The monoisotopic (exact) mass is 386 g/mol. The van der Waals surface area contributed by atoms with Crippen LogP contribution in [0.25, 0.3) is 33.7 Å². The van der Waals surface area contributed by atoms with Crippen LogP contribution in [-0.4, -0.2) is 21.0 Å². The molecule has 0 saturated heterocycles. The average Bonchev–Trinajstić information content (AvgIpc) is 3.16. The first-order valence-corrected chi connectivity index (χ1v) is 9.55. The van der Waals surface area contributed by atoms with E-state index < -0.39 is 0 Å². The van der Waals surface area contributed by atoms with Gasteiger partial charge in [0.2, 0.25) is 11.7 Å². The van der Waals surface area contributed by atoms with Gasteiger partial charge in [-0.1, -0.05) is 41.9 Å². The van der Waals surface area contributed by atoms with Crippen LogP contribution in [-0.2, 0) is 4.79 Å². The highest BCUT2D eigenvalue weighted by Gasteiger charge is 2.25. The Hall–Kier alpha value is -3.74. The molecule has 2 N–H and O–H groups in total. The predicted molar refractivity (Wildman–Crippen MR) is 109 cm³/mol. The number of nitrogens with zero attached hydrogens (tertiary/aromatic N) is 2. The number of amides is 1. The highest BCUT2D eigenvalue weighted by Crippen LogP contribution is 2.29. The second-order valence-corrected chi connectivity index (χ2v) is 7.22. The zero-order chi connectivity index (χ0) is 19.8. The van der Waals surface area contributed by atoms with Crippen LogP contribution in [0.15, 0.2) is 63.9 Å². The molecule has 5 rings (SSSR count). The molecule has 29 heavy (non-hydrogen) atoms. The molecule has 0 bridgehead atoms. The van der Waals surface area contributed by atoms with E-state index in [9.17, 15) is 9.59 Å². The number of benzene rings is 2. The number of para-hydroxylation sites is 1. The number of hydrogen-bond acceptors (Lipinski definition) is 5. The predicted octanol–water partition coefficient (Wildman–Crippen LogP) is 3.98. The van der Waals surface area contributed by atoms with E-state index in [0.29, 0.717) is 22.6 Å². The fourth-order valence-corrected chi connectivity index (χ4v) is 3.41. The van der Waals surface area contributed by atoms with Crippen LogP contribution in [0.2, 0.25) is 0 Å². The first-order valence-electron chi connectivity index (χ1n) is 9.55. The molecule has 2 heterocycles. The van der Waals surface area contributed by atoms with Crippen LogP contribution in [0.1, 0.15) is 19.3 Å². The quantitative estimate of drug-likeness (QED) is 0.552. The van der Waals surface area contributed by atoms with Crippen LogP contribution in [0.4, 0.5) is 5.69 Å². The number of rotatable bonds is 4. The van der Waals surface area contributed by atoms with Crippen molar-refractivity contribution in [1.82, 2.24) is 15.1 Å². The summed E-state index contributed by atoms with van der Waals surface area (Å²) in [7, 11) is 0. The number of anilines is 1. The molecule has 4 aromatic rings. The molecule has 0 atom stereocenters. The molecule has 1 fully saturated rings. The summed E-state index contributed by atoms with van der Waals surface area (Å²) in [5.41, 5.74) is 2.16. The molecular weight excluding hydrogens is 368 g/mol. The normalized spacial score (nSPS) is 13.9. The van der Waals surface area contributed by atoms with Crippen LogP contribution in [0, 0.1) is 5.92 Å². The first kappa shape index (κ1) is 17.4. The Balaban J connectivity index is 1.44. The number of carbonyl (C=O) groups is 1. The molecular formula is C22H18N4O3. The fourth-order valence-electron chi connectivity index (χ4n) is 3.41. The number of carbonyl (C=O) groups excluding carboxylic acids is 1. The van der Waals surface area contributed by atoms with Gasteiger partial charge >= 0.3 is 0 Å². The summed E-state index contributed by atoms with van der Waals surface area (Å²) in [6, 6.07) is 16.5. The summed E-state index contributed by atoms with van der Waals surface area (Å²) in [5.74, 6) is 0.656. The van der Waals surface area contributed by atoms with E-state index in [2.05, 4.69) is 20.4 Å². The van der Waals surface area contributed by atoms with Crippen molar-refractivity contribution in [2.45, 2.75) is 19.3 Å². The van der Waals surface area contributed by atoms with Gasteiger partial charge in [0, 0.05) is 22.7 Å². The van der Waals surface area contributed by atoms with Gasteiger partial charge in [-0.3, -0.25) is 9.59 Å². The summed E-state index contributed by atoms with van der Waals surface area (Å²) in [5, 5.41) is 7.83. The van der Waals surface area contributed by atoms with E-state index in [4.69, 9.17) is 4.52 Å². The molecule has 0 unspecified atom stereocenters. The topological polar surface area (TPSA) is 101 Å². The number of nitrogens with one attached hydrogen (secondary N) is 2. The summed E-state index contributed by atoms with van der Waals surface area (Å²) >= 11 is 0. The minimum Gasteiger partial charge on any atom is -0.333 e. The maximum atomic E-state index is 12.4. The van der Waals surface area contributed by atoms with Crippen LogP contribution >= 0.6 is 0 Å². The minimum atomic E-state index is -0.291. The number of hydrogen-bond donors (Lipinski definition) is 2. The van der Waals surface area contributed by atoms with Gasteiger partial charge in [-0.2, -0.15) is 4.98 Å². The Morgan fingerprint density at radius 3 is 2.79 bits per heavy atom. The summed E-state index contributed by atoms with van der Waals surface area (Å²) in [6.07, 6.45) is 3.00. The molecule has 2 aromatic heterocycles. The zero-order valence-electron chi connectivity index (χ0n) is 15.5. The molecule has 0 spiro atoms. The van der Waals surface area contributed by atoms with Gasteiger partial charge in [0.05, 0.1) is 0 Å². The van der Waals surface area contributed by atoms with E-state index in [0.717, 1.165) is 30.2 Å². The van der Waals surface area contributed by atoms with E-state index in [1.807, 2.05) is 42.5 Å². The molecule has 1 amide bonds. The zero-order valence-corrected chi connectivity index (χ0v) is 15.5. The van der Waals surface area contributed by atoms with E-state index >= 15 is 0 Å². The highest BCUT2D eigenvalue weighted by molar-refractivity contribution is 5.93. The second-order valence-electron chi connectivity index (χ2n) is 7.22. The molecule has 1 aliphatic carbocycles. The largest absolute Gasteiger partial charge is 0.333 e. The van der Waals surface area contributed by atoms with Gasteiger partial charge in [0.1, 0.15) is 5.56 Å². The lowest BCUT2D eigenvalue weighted by Gasteiger charge is -2.24. The molecule has 144 valence electrons. The lowest BCUT2D eigenvalue weighted by atomic mass is 9.85. The first-order chi connectivity index (χ1) is 14.2. The van der Waals surface area contributed by atoms with Crippen molar-refractivity contribution in [1.29, 1.82) is 0 Å². The number of H-pyrrole nitrogens is 1. The van der Waals surface area contributed by atoms with Crippen molar-refractivity contribution in [3.63, 3.8) is 0 Å². The minimum absolute atomic E-state index is 0.0462. The van der Waals surface area contributed by atoms with Crippen molar-refractivity contribution in [2.24, 2.45) is 5.92 Å². The maximum Gasteiger partial charge on any atom is 0.263 e.